The first-order chi connectivity index (χ1) is 11.6. The summed E-state index contributed by atoms with van der Waals surface area (Å²) in [6.45, 7) is 0.431. The van der Waals surface area contributed by atoms with Gasteiger partial charge in [-0.3, -0.25) is 14.6 Å². The average molecular weight is 362 g/mol. The summed E-state index contributed by atoms with van der Waals surface area (Å²) in [5.41, 5.74) is 1.82. The van der Waals surface area contributed by atoms with Gasteiger partial charge in [0.25, 0.3) is 0 Å². The third kappa shape index (κ3) is 3.88. The van der Waals surface area contributed by atoms with Crippen LogP contribution in [0.1, 0.15) is 16.5 Å². The van der Waals surface area contributed by atoms with Gasteiger partial charge < -0.3 is 10.2 Å². The summed E-state index contributed by atoms with van der Waals surface area (Å²) in [7, 11) is 0. The van der Waals surface area contributed by atoms with Gasteiger partial charge >= 0.3 is 0 Å². The van der Waals surface area contributed by atoms with Crippen LogP contribution in [-0.2, 0) is 16.1 Å². The number of carbonyl (C=O) groups excluding carboxylic acids is 2. The van der Waals surface area contributed by atoms with Gasteiger partial charge in [0, 0.05) is 29.5 Å². The summed E-state index contributed by atoms with van der Waals surface area (Å²) < 4.78 is 0. The number of hydrogen-bond acceptors (Lipinski definition) is 4. The molecule has 1 aliphatic heterocycles. The monoisotopic (exact) mass is 361 g/mol. The van der Waals surface area contributed by atoms with Gasteiger partial charge in [-0.25, -0.2) is 0 Å². The molecule has 3 rings (SSSR count). The molecule has 1 aliphatic rings. The van der Waals surface area contributed by atoms with Crippen LogP contribution >= 0.6 is 23.4 Å². The van der Waals surface area contributed by atoms with E-state index < -0.39 is 0 Å². The number of aromatic nitrogens is 1. The van der Waals surface area contributed by atoms with E-state index in [0.717, 1.165) is 11.1 Å². The second kappa shape index (κ2) is 7.68. The Morgan fingerprint density at radius 2 is 2.04 bits per heavy atom. The lowest BCUT2D eigenvalue weighted by atomic mass is 10.2. The number of nitrogens with zero attached hydrogens (tertiary/aromatic N) is 2. The van der Waals surface area contributed by atoms with Crippen molar-refractivity contribution in [2.75, 3.05) is 12.3 Å². The maximum absolute atomic E-state index is 12.2. The number of thioether (sulfide) groups is 1. The van der Waals surface area contributed by atoms with Crippen molar-refractivity contribution in [2.45, 2.75) is 11.9 Å². The first kappa shape index (κ1) is 16.8. The van der Waals surface area contributed by atoms with Crippen LogP contribution < -0.4 is 5.32 Å². The van der Waals surface area contributed by atoms with E-state index in [0.29, 0.717) is 17.3 Å². The van der Waals surface area contributed by atoms with Crippen molar-refractivity contribution in [2.24, 2.45) is 0 Å². The minimum Gasteiger partial charge on any atom is -0.350 e. The molecule has 1 atom stereocenters. The summed E-state index contributed by atoms with van der Waals surface area (Å²) in [5.74, 6) is 0.108. The van der Waals surface area contributed by atoms with E-state index >= 15 is 0 Å². The standard InChI is InChI=1S/C17H16ClN3O2S/c18-14-4-2-1-3-13(14)17-21(16(23)11-24-17)10-15(22)20-9-12-5-7-19-8-6-12/h1-8,17H,9-11H2,(H,20,22). The van der Waals surface area contributed by atoms with Crippen molar-refractivity contribution < 1.29 is 9.59 Å². The second-order valence-corrected chi connectivity index (χ2v) is 6.81. The highest BCUT2D eigenvalue weighted by molar-refractivity contribution is 8.00. The zero-order chi connectivity index (χ0) is 16.9. The van der Waals surface area contributed by atoms with Gasteiger partial charge in [-0.05, 0) is 23.8 Å². The van der Waals surface area contributed by atoms with Crippen LogP contribution in [0.15, 0.2) is 48.8 Å². The molecule has 0 aliphatic carbocycles. The van der Waals surface area contributed by atoms with E-state index in [1.807, 2.05) is 30.3 Å². The Balaban J connectivity index is 1.65. The summed E-state index contributed by atoms with van der Waals surface area (Å²) in [6.07, 6.45) is 3.35. The van der Waals surface area contributed by atoms with Crippen molar-refractivity contribution in [1.82, 2.24) is 15.2 Å². The second-order valence-electron chi connectivity index (χ2n) is 5.34. The minimum absolute atomic E-state index is 0.0206. The quantitative estimate of drug-likeness (QED) is 0.889. The van der Waals surface area contributed by atoms with Crippen molar-refractivity contribution in [3.8, 4) is 0 Å². The highest BCUT2D eigenvalue weighted by atomic mass is 35.5. The third-order valence-electron chi connectivity index (χ3n) is 3.69. The number of hydrogen-bond donors (Lipinski definition) is 1. The number of nitrogens with one attached hydrogen (secondary N) is 1. The Morgan fingerprint density at radius 3 is 2.79 bits per heavy atom. The molecule has 1 aromatic heterocycles. The van der Waals surface area contributed by atoms with Gasteiger partial charge in [0.15, 0.2) is 0 Å². The van der Waals surface area contributed by atoms with Crippen LogP contribution in [0.3, 0.4) is 0 Å². The smallest absolute Gasteiger partial charge is 0.239 e. The maximum atomic E-state index is 12.2. The van der Waals surface area contributed by atoms with Crippen molar-refractivity contribution in [3.05, 3.63) is 64.9 Å². The largest absolute Gasteiger partial charge is 0.350 e. The highest BCUT2D eigenvalue weighted by Crippen LogP contribution is 2.41. The number of rotatable bonds is 5. The first-order valence-corrected chi connectivity index (χ1v) is 8.89. The number of benzene rings is 1. The van der Waals surface area contributed by atoms with Crippen LogP contribution in [0.25, 0.3) is 0 Å². The number of amides is 2. The molecule has 2 heterocycles. The maximum Gasteiger partial charge on any atom is 0.239 e. The number of carbonyl (C=O) groups is 2. The Morgan fingerprint density at radius 1 is 1.29 bits per heavy atom. The minimum atomic E-state index is -0.224. The fourth-order valence-corrected chi connectivity index (χ4v) is 4.00. The van der Waals surface area contributed by atoms with Crippen LogP contribution in [0.2, 0.25) is 5.02 Å². The summed E-state index contributed by atoms with van der Waals surface area (Å²) in [6, 6.07) is 11.1. The zero-order valence-corrected chi connectivity index (χ0v) is 14.4. The van der Waals surface area contributed by atoms with Crippen molar-refractivity contribution in [3.63, 3.8) is 0 Å². The lowest BCUT2D eigenvalue weighted by Gasteiger charge is -2.24. The predicted octanol–water partition coefficient (Wildman–Crippen LogP) is 2.63. The van der Waals surface area contributed by atoms with Crippen LogP contribution in [0, 0.1) is 0 Å². The van der Waals surface area contributed by atoms with Gasteiger partial charge in [0.1, 0.15) is 11.9 Å². The molecule has 0 bridgehead atoms. The molecule has 1 fully saturated rings. The van der Waals surface area contributed by atoms with Crippen molar-refractivity contribution in [1.29, 1.82) is 0 Å². The highest BCUT2D eigenvalue weighted by Gasteiger charge is 2.34. The van der Waals surface area contributed by atoms with Gasteiger partial charge in [0.2, 0.25) is 11.8 Å². The van der Waals surface area contributed by atoms with Crippen molar-refractivity contribution >= 4 is 35.2 Å². The van der Waals surface area contributed by atoms with Crippen LogP contribution in [0.5, 0.6) is 0 Å². The fourth-order valence-electron chi connectivity index (χ4n) is 2.47. The van der Waals surface area contributed by atoms with E-state index in [1.54, 1.807) is 23.4 Å². The molecule has 0 saturated carbocycles. The third-order valence-corrected chi connectivity index (χ3v) is 5.27. The molecule has 2 aromatic rings. The van der Waals surface area contributed by atoms with E-state index in [-0.39, 0.29) is 23.7 Å². The molecule has 1 aromatic carbocycles. The van der Waals surface area contributed by atoms with E-state index in [1.165, 1.54) is 11.8 Å². The summed E-state index contributed by atoms with van der Waals surface area (Å²) >= 11 is 7.72. The van der Waals surface area contributed by atoms with Crippen LogP contribution in [0.4, 0.5) is 0 Å². The van der Waals surface area contributed by atoms with E-state index in [2.05, 4.69) is 10.3 Å². The molecule has 1 unspecified atom stereocenters. The molecular formula is C17H16ClN3O2S. The van der Waals surface area contributed by atoms with Gasteiger partial charge in [0.05, 0.1) is 5.75 Å². The number of pyridine rings is 1. The number of halogens is 1. The molecule has 24 heavy (non-hydrogen) atoms. The van der Waals surface area contributed by atoms with Gasteiger partial charge in [-0.2, -0.15) is 0 Å². The van der Waals surface area contributed by atoms with Gasteiger partial charge in [-0.1, -0.05) is 29.8 Å². The molecule has 1 saturated heterocycles. The molecule has 2 amide bonds. The topological polar surface area (TPSA) is 62.3 Å². The Bertz CT molecular complexity index is 742. The van der Waals surface area contributed by atoms with E-state index in [4.69, 9.17) is 11.6 Å². The molecule has 5 nitrogen and oxygen atoms in total. The molecule has 1 N–H and O–H groups in total. The summed E-state index contributed by atoms with van der Waals surface area (Å²) in [4.78, 5) is 29.9. The Kier molecular flexibility index (Phi) is 5.37. The zero-order valence-electron chi connectivity index (χ0n) is 12.8. The SMILES string of the molecule is O=C(CN1C(=O)CSC1c1ccccc1Cl)NCc1ccncc1. The molecule has 7 heteroatoms. The molecular weight excluding hydrogens is 346 g/mol. The Labute approximate surface area is 149 Å². The average Bonchev–Trinajstić information content (AvgIpc) is 2.95. The Hall–Kier alpha value is -2.05. The van der Waals surface area contributed by atoms with Gasteiger partial charge in [-0.15, -0.1) is 11.8 Å². The molecule has 124 valence electrons. The fraction of sp³-hybridized carbons (Fsp3) is 0.235. The molecule has 0 spiro atoms. The normalized spacial score (nSPS) is 17.1. The lowest BCUT2D eigenvalue weighted by Crippen LogP contribution is -2.39. The molecule has 0 radical (unpaired) electrons. The lowest BCUT2D eigenvalue weighted by molar-refractivity contribution is -0.133. The van der Waals surface area contributed by atoms with E-state index in [9.17, 15) is 9.59 Å². The predicted molar refractivity (Wildman–Crippen MR) is 94.4 cm³/mol. The van der Waals surface area contributed by atoms with Crippen LogP contribution in [-0.4, -0.2) is 34.0 Å². The summed E-state index contributed by atoms with van der Waals surface area (Å²) in [5, 5.41) is 3.21. The first-order valence-electron chi connectivity index (χ1n) is 7.46.